The van der Waals surface area contributed by atoms with E-state index >= 15 is 0 Å². The summed E-state index contributed by atoms with van der Waals surface area (Å²) in [6, 6.07) is 15.5. The number of ether oxygens (including phenoxy) is 1. The van der Waals surface area contributed by atoms with Gasteiger partial charge in [0.2, 0.25) is 0 Å². The summed E-state index contributed by atoms with van der Waals surface area (Å²) in [7, 11) is 1.63. The van der Waals surface area contributed by atoms with E-state index in [9.17, 15) is 4.79 Å². The highest BCUT2D eigenvalue weighted by Gasteiger charge is 2.12. The zero-order valence-electron chi connectivity index (χ0n) is 13.9. The van der Waals surface area contributed by atoms with Crippen LogP contribution in [-0.4, -0.2) is 29.0 Å². The minimum atomic E-state index is -0.0547. The van der Waals surface area contributed by atoms with Crippen LogP contribution in [0.3, 0.4) is 0 Å². The molecule has 1 heterocycles. The lowest BCUT2D eigenvalue weighted by Gasteiger charge is -2.13. The summed E-state index contributed by atoms with van der Waals surface area (Å²) in [6.45, 7) is 0.946. The predicted octanol–water partition coefficient (Wildman–Crippen LogP) is 4.03. The van der Waals surface area contributed by atoms with Gasteiger partial charge in [0.05, 0.1) is 24.1 Å². The Hall–Kier alpha value is -1.82. The van der Waals surface area contributed by atoms with E-state index in [1.807, 2.05) is 18.2 Å². The van der Waals surface area contributed by atoms with Crippen LogP contribution in [0.5, 0.6) is 0 Å². The fraction of sp³-hybridized carbons (Fsp3) is 0.263. The van der Waals surface area contributed by atoms with E-state index in [-0.39, 0.29) is 5.56 Å². The van der Waals surface area contributed by atoms with E-state index in [0.717, 1.165) is 12.2 Å². The van der Waals surface area contributed by atoms with Crippen molar-refractivity contribution in [1.82, 2.24) is 9.55 Å². The number of thioether (sulfide) groups is 1. The molecule has 3 aromatic rings. The second-order valence-electron chi connectivity index (χ2n) is 5.59. The van der Waals surface area contributed by atoms with Crippen LogP contribution >= 0.6 is 23.4 Å². The van der Waals surface area contributed by atoms with Gasteiger partial charge in [0, 0.05) is 17.9 Å². The average molecular weight is 375 g/mol. The minimum Gasteiger partial charge on any atom is -0.383 e. The highest BCUT2D eigenvalue weighted by Crippen LogP contribution is 2.21. The van der Waals surface area contributed by atoms with Gasteiger partial charge in [-0.25, -0.2) is 4.98 Å². The molecule has 0 atom stereocenters. The molecule has 0 amide bonds. The van der Waals surface area contributed by atoms with Gasteiger partial charge in [0.25, 0.3) is 5.56 Å². The molecule has 1 aromatic heterocycles. The lowest BCUT2D eigenvalue weighted by atomic mass is 10.2. The number of hydrogen-bond donors (Lipinski definition) is 0. The molecule has 0 aliphatic heterocycles. The van der Waals surface area contributed by atoms with Crippen molar-refractivity contribution in [3.05, 3.63) is 69.5 Å². The van der Waals surface area contributed by atoms with Gasteiger partial charge < -0.3 is 4.74 Å². The first kappa shape index (κ1) is 18.0. The number of fused-ring (bicyclic) bond motifs is 1. The lowest BCUT2D eigenvalue weighted by molar-refractivity contribution is 0.183. The molecule has 0 unspecified atom stereocenters. The number of methoxy groups -OCH3 is 1. The third kappa shape index (κ3) is 4.42. The molecule has 0 aliphatic carbocycles. The van der Waals surface area contributed by atoms with Crippen molar-refractivity contribution < 1.29 is 4.74 Å². The molecule has 0 spiro atoms. The Morgan fingerprint density at radius 1 is 1.20 bits per heavy atom. The van der Waals surface area contributed by atoms with E-state index in [4.69, 9.17) is 16.3 Å². The van der Waals surface area contributed by atoms with Gasteiger partial charge in [-0.15, -0.1) is 0 Å². The number of rotatable bonds is 7. The molecule has 2 aromatic carbocycles. The molecule has 0 saturated carbocycles. The summed E-state index contributed by atoms with van der Waals surface area (Å²) in [5.74, 6) is 0.843. The highest BCUT2D eigenvalue weighted by atomic mass is 35.5. The van der Waals surface area contributed by atoms with E-state index in [2.05, 4.69) is 17.1 Å². The van der Waals surface area contributed by atoms with Crippen molar-refractivity contribution in [3.8, 4) is 0 Å². The smallest absolute Gasteiger partial charge is 0.262 e. The molecule has 0 radical (unpaired) electrons. The van der Waals surface area contributed by atoms with E-state index < -0.39 is 0 Å². The summed E-state index contributed by atoms with van der Waals surface area (Å²) in [5.41, 5.74) is 1.85. The number of benzene rings is 2. The fourth-order valence-corrected chi connectivity index (χ4v) is 3.75. The molecule has 130 valence electrons. The molecule has 6 heteroatoms. The molecule has 0 fully saturated rings. The maximum atomic E-state index is 12.8. The zero-order chi connectivity index (χ0) is 17.6. The Labute approximate surface area is 155 Å². The van der Waals surface area contributed by atoms with Crippen molar-refractivity contribution in [1.29, 1.82) is 0 Å². The SMILES string of the molecule is COCCn1c(SCCc2ccccc2)nc2cc(Cl)ccc2c1=O. The molecular formula is C19H19ClN2O2S. The fourth-order valence-electron chi connectivity index (χ4n) is 2.57. The first-order valence-electron chi connectivity index (χ1n) is 8.05. The van der Waals surface area contributed by atoms with Crippen molar-refractivity contribution in [2.75, 3.05) is 19.5 Å². The van der Waals surface area contributed by atoms with Crippen LogP contribution < -0.4 is 5.56 Å². The van der Waals surface area contributed by atoms with Gasteiger partial charge in [-0.05, 0) is 30.2 Å². The molecule has 4 nitrogen and oxygen atoms in total. The second-order valence-corrected chi connectivity index (χ2v) is 7.09. The summed E-state index contributed by atoms with van der Waals surface area (Å²) >= 11 is 7.64. The van der Waals surface area contributed by atoms with Gasteiger partial charge in [-0.1, -0.05) is 53.7 Å². The summed E-state index contributed by atoms with van der Waals surface area (Å²) in [5, 5.41) is 1.86. The monoisotopic (exact) mass is 374 g/mol. The standard InChI is InChI=1S/C19H19ClN2O2S/c1-24-11-10-22-18(23)16-8-7-15(20)13-17(16)21-19(22)25-12-9-14-5-3-2-4-6-14/h2-8,13H,9-12H2,1H3. The first-order chi connectivity index (χ1) is 12.2. The Kier molecular flexibility index (Phi) is 6.13. The summed E-state index contributed by atoms with van der Waals surface area (Å²) in [6.07, 6.45) is 0.916. The number of hydrogen-bond acceptors (Lipinski definition) is 4. The Bertz CT molecular complexity index is 912. The molecule has 3 rings (SSSR count). The minimum absolute atomic E-state index is 0.0547. The van der Waals surface area contributed by atoms with Crippen molar-refractivity contribution in [3.63, 3.8) is 0 Å². The van der Waals surface area contributed by atoms with Crippen LogP contribution in [0.2, 0.25) is 5.02 Å². The zero-order valence-corrected chi connectivity index (χ0v) is 15.5. The van der Waals surface area contributed by atoms with Crippen molar-refractivity contribution in [2.45, 2.75) is 18.1 Å². The second kappa shape index (κ2) is 8.52. The maximum absolute atomic E-state index is 12.8. The number of aromatic nitrogens is 2. The quantitative estimate of drug-likeness (QED) is 0.462. The third-order valence-electron chi connectivity index (χ3n) is 3.87. The molecule has 0 aliphatic rings. The Balaban J connectivity index is 1.89. The van der Waals surface area contributed by atoms with Gasteiger partial charge in [0.15, 0.2) is 5.16 Å². The number of aryl methyl sites for hydroxylation is 1. The highest BCUT2D eigenvalue weighted by molar-refractivity contribution is 7.99. The topological polar surface area (TPSA) is 44.1 Å². The molecule has 0 N–H and O–H groups in total. The lowest BCUT2D eigenvalue weighted by Crippen LogP contribution is -2.25. The molecule has 0 bridgehead atoms. The first-order valence-corrected chi connectivity index (χ1v) is 9.41. The van der Waals surface area contributed by atoms with Crippen molar-refractivity contribution in [2.24, 2.45) is 0 Å². The average Bonchev–Trinajstić information content (AvgIpc) is 2.62. The van der Waals surface area contributed by atoms with Gasteiger partial charge in [-0.2, -0.15) is 0 Å². The Morgan fingerprint density at radius 3 is 2.76 bits per heavy atom. The van der Waals surface area contributed by atoms with E-state index in [0.29, 0.717) is 34.2 Å². The van der Waals surface area contributed by atoms with Crippen LogP contribution in [-0.2, 0) is 17.7 Å². The van der Waals surface area contributed by atoms with Crippen LogP contribution in [0.15, 0.2) is 58.5 Å². The van der Waals surface area contributed by atoms with E-state index in [1.165, 1.54) is 5.56 Å². The Morgan fingerprint density at radius 2 is 2.00 bits per heavy atom. The van der Waals surface area contributed by atoms with Gasteiger partial charge in [-0.3, -0.25) is 9.36 Å². The van der Waals surface area contributed by atoms with Crippen LogP contribution in [0, 0.1) is 0 Å². The molecular weight excluding hydrogens is 356 g/mol. The molecule has 25 heavy (non-hydrogen) atoms. The third-order valence-corrected chi connectivity index (χ3v) is 5.08. The molecule has 0 saturated heterocycles. The summed E-state index contributed by atoms with van der Waals surface area (Å²) < 4.78 is 6.83. The number of halogens is 1. The number of nitrogens with zero attached hydrogens (tertiary/aromatic N) is 2. The van der Waals surface area contributed by atoms with Crippen LogP contribution in [0.25, 0.3) is 10.9 Å². The largest absolute Gasteiger partial charge is 0.383 e. The van der Waals surface area contributed by atoms with Crippen molar-refractivity contribution >= 4 is 34.3 Å². The van der Waals surface area contributed by atoms with Gasteiger partial charge in [0.1, 0.15) is 0 Å². The predicted molar refractivity (Wildman–Crippen MR) is 104 cm³/mol. The summed E-state index contributed by atoms with van der Waals surface area (Å²) in [4.78, 5) is 17.5. The van der Waals surface area contributed by atoms with Gasteiger partial charge >= 0.3 is 0 Å². The maximum Gasteiger partial charge on any atom is 0.262 e. The van der Waals surface area contributed by atoms with Crippen LogP contribution in [0.1, 0.15) is 5.56 Å². The van der Waals surface area contributed by atoms with Crippen LogP contribution in [0.4, 0.5) is 0 Å². The normalized spacial score (nSPS) is 11.1. The van der Waals surface area contributed by atoms with E-state index in [1.54, 1.807) is 41.6 Å².